The zero-order valence-corrected chi connectivity index (χ0v) is 12.0. The van der Waals surface area contributed by atoms with Crippen LogP contribution >= 0.6 is 11.6 Å². The summed E-state index contributed by atoms with van der Waals surface area (Å²) < 4.78 is 40.0. The minimum atomic E-state index is -4.05. The molecule has 21 heavy (non-hydrogen) atoms. The first-order valence-electron chi connectivity index (χ1n) is 5.61. The molecule has 3 N–H and O–H groups in total. The molecular formula is C13H9ClFN3O2S. The molecule has 0 saturated carbocycles. The highest BCUT2D eigenvalue weighted by molar-refractivity contribution is 7.92. The lowest BCUT2D eigenvalue weighted by Crippen LogP contribution is -2.14. The largest absolute Gasteiger partial charge is 0.396 e. The normalized spacial score (nSPS) is 10.9. The molecule has 108 valence electrons. The quantitative estimate of drug-likeness (QED) is 0.848. The second-order valence-electron chi connectivity index (χ2n) is 4.10. The van der Waals surface area contributed by atoms with E-state index in [4.69, 9.17) is 22.6 Å². The van der Waals surface area contributed by atoms with Gasteiger partial charge in [-0.15, -0.1) is 0 Å². The van der Waals surface area contributed by atoms with Gasteiger partial charge in [0.1, 0.15) is 10.7 Å². The summed E-state index contributed by atoms with van der Waals surface area (Å²) in [7, 11) is -4.05. The molecular weight excluding hydrogens is 317 g/mol. The molecule has 2 aromatic rings. The minimum Gasteiger partial charge on any atom is -0.396 e. The van der Waals surface area contributed by atoms with Crippen molar-refractivity contribution in [3.8, 4) is 6.07 Å². The third-order valence-electron chi connectivity index (χ3n) is 2.60. The van der Waals surface area contributed by atoms with Gasteiger partial charge in [-0.1, -0.05) is 11.6 Å². The fourth-order valence-corrected chi connectivity index (χ4v) is 3.16. The van der Waals surface area contributed by atoms with Crippen LogP contribution in [0.25, 0.3) is 0 Å². The van der Waals surface area contributed by atoms with Crippen LogP contribution in [0.15, 0.2) is 41.3 Å². The lowest BCUT2D eigenvalue weighted by molar-refractivity contribution is 0.601. The molecule has 0 aliphatic heterocycles. The van der Waals surface area contributed by atoms with Gasteiger partial charge < -0.3 is 5.73 Å². The maximum absolute atomic E-state index is 13.3. The van der Waals surface area contributed by atoms with Crippen LogP contribution in [0.2, 0.25) is 5.02 Å². The summed E-state index contributed by atoms with van der Waals surface area (Å²) in [6.07, 6.45) is 0. The fraction of sp³-hybridized carbons (Fsp3) is 0. The summed E-state index contributed by atoms with van der Waals surface area (Å²) in [4.78, 5) is -0.263. The molecule has 0 bridgehead atoms. The number of nitrogen functional groups attached to an aromatic ring is 1. The highest BCUT2D eigenvalue weighted by Crippen LogP contribution is 2.25. The van der Waals surface area contributed by atoms with Crippen LogP contribution < -0.4 is 10.5 Å². The molecule has 0 fully saturated rings. The third-order valence-corrected chi connectivity index (χ3v) is 4.47. The number of nitrogens with zero attached hydrogens (tertiary/aromatic N) is 1. The molecule has 5 nitrogen and oxygen atoms in total. The molecule has 0 aliphatic rings. The zero-order chi connectivity index (χ0) is 15.6. The van der Waals surface area contributed by atoms with Gasteiger partial charge in [0, 0.05) is 6.07 Å². The Morgan fingerprint density at radius 2 is 1.95 bits per heavy atom. The van der Waals surface area contributed by atoms with Gasteiger partial charge in [-0.3, -0.25) is 4.72 Å². The third kappa shape index (κ3) is 3.24. The number of nitrogens with two attached hydrogens (primary N) is 1. The lowest BCUT2D eigenvalue weighted by Gasteiger charge is -2.10. The van der Waals surface area contributed by atoms with Crippen LogP contribution in [-0.4, -0.2) is 8.42 Å². The predicted octanol–water partition coefficient (Wildman–Crippen LogP) is 2.73. The molecule has 0 heterocycles. The lowest BCUT2D eigenvalue weighted by atomic mass is 10.2. The van der Waals surface area contributed by atoms with E-state index in [0.717, 1.165) is 12.1 Å². The van der Waals surface area contributed by atoms with Crippen molar-refractivity contribution in [1.29, 1.82) is 5.26 Å². The molecule has 0 radical (unpaired) electrons. The van der Waals surface area contributed by atoms with Gasteiger partial charge in [0.15, 0.2) is 0 Å². The van der Waals surface area contributed by atoms with E-state index in [1.807, 2.05) is 6.07 Å². The molecule has 0 unspecified atom stereocenters. The first-order chi connectivity index (χ1) is 9.83. The Hall–Kier alpha value is -2.30. The monoisotopic (exact) mass is 325 g/mol. The molecule has 2 aromatic carbocycles. The smallest absolute Gasteiger partial charge is 0.263 e. The van der Waals surface area contributed by atoms with E-state index in [2.05, 4.69) is 4.72 Å². The molecule has 8 heteroatoms. The van der Waals surface area contributed by atoms with Crippen LogP contribution in [0.3, 0.4) is 0 Å². The number of sulfonamides is 1. The Kier molecular flexibility index (Phi) is 4.02. The SMILES string of the molecule is N#Cc1ccc(Cl)c(S(=O)(=O)Nc2ccc(N)c(F)c2)c1. The van der Waals surface area contributed by atoms with Crippen LogP contribution in [0.4, 0.5) is 15.8 Å². The Morgan fingerprint density at radius 1 is 1.24 bits per heavy atom. The molecule has 0 aromatic heterocycles. The summed E-state index contributed by atoms with van der Waals surface area (Å²) >= 11 is 5.84. The topological polar surface area (TPSA) is 96.0 Å². The summed E-state index contributed by atoms with van der Waals surface area (Å²) in [6, 6.07) is 9.16. The van der Waals surface area contributed by atoms with E-state index in [0.29, 0.717) is 0 Å². The van der Waals surface area contributed by atoms with Gasteiger partial charge in [0.25, 0.3) is 10.0 Å². The Morgan fingerprint density at radius 3 is 2.57 bits per heavy atom. The van der Waals surface area contributed by atoms with Crippen molar-refractivity contribution in [2.24, 2.45) is 0 Å². The maximum atomic E-state index is 13.3. The summed E-state index contributed by atoms with van der Waals surface area (Å²) in [5, 5.41) is 8.76. The van der Waals surface area contributed by atoms with E-state index in [1.165, 1.54) is 24.3 Å². The van der Waals surface area contributed by atoms with Gasteiger partial charge in [-0.05, 0) is 30.3 Å². The number of benzene rings is 2. The van der Waals surface area contributed by atoms with Crippen LogP contribution in [0.5, 0.6) is 0 Å². The Labute approximate surface area is 125 Å². The summed E-state index contributed by atoms with van der Waals surface area (Å²) in [5.74, 6) is -0.743. The van der Waals surface area contributed by atoms with Gasteiger partial charge in [0.2, 0.25) is 0 Å². The van der Waals surface area contributed by atoms with Gasteiger partial charge >= 0.3 is 0 Å². The van der Waals surface area contributed by atoms with E-state index in [-0.39, 0.29) is 26.9 Å². The highest BCUT2D eigenvalue weighted by Gasteiger charge is 2.19. The number of hydrogen-bond donors (Lipinski definition) is 2. The van der Waals surface area contributed by atoms with E-state index < -0.39 is 15.8 Å². The average molecular weight is 326 g/mol. The number of rotatable bonds is 3. The molecule has 0 atom stereocenters. The van der Waals surface area contributed by atoms with E-state index >= 15 is 0 Å². The van der Waals surface area contributed by atoms with Crippen molar-refractivity contribution < 1.29 is 12.8 Å². The molecule has 0 amide bonds. The van der Waals surface area contributed by atoms with Crippen LogP contribution in [0, 0.1) is 17.1 Å². The number of nitriles is 1. The number of halogens is 2. The standard InChI is InChI=1S/C13H9ClFN3O2S/c14-10-3-1-8(7-16)5-13(10)21(19,20)18-9-2-4-12(17)11(15)6-9/h1-6,18H,17H2. The minimum absolute atomic E-state index is 0.000118. The van der Waals surface area contributed by atoms with Crippen molar-refractivity contribution in [2.45, 2.75) is 4.90 Å². The zero-order valence-electron chi connectivity index (χ0n) is 10.5. The van der Waals surface area contributed by atoms with E-state index in [9.17, 15) is 12.8 Å². The number of hydrogen-bond acceptors (Lipinski definition) is 4. The molecule has 0 spiro atoms. The van der Waals surface area contributed by atoms with Crippen molar-refractivity contribution in [2.75, 3.05) is 10.5 Å². The fourth-order valence-electron chi connectivity index (χ4n) is 1.58. The highest BCUT2D eigenvalue weighted by atomic mass is 35.5. The summed E-state index contributed by atoms with van der Waals surface area (Å²) in [5.41, 5.74) is 5.36. The second-order valence-corrected chi connectivity index (χ2v) is 6.16. The Balaban J connectivity index is 2.43. The summed E-state index contributed by atoms with van der Waals surface area (Å²) in [6.45, 7) is 0. The number of anilines is 2. The predicted molar refractivity (Wildman–Crippen MR) is 77.8 cm³/mol. The first-order valence-corrected chi connectivity index (χ1v) is 7.47. The number of nitrogens with one attached hydrogen (secondary N) is 1. The van der Waals surface area contributed by atoms with Crippen molar-refractivity contribution in [3.05, 3.63) is 52.8 Å². The van der Waals surface area contributed by atoms with E-state index in [1.54, 1.807) is 0 Å². The van der Waals surface area contributed by atoms with Crippen LogP contribution in [0.1, 0.15) is 5.56 Å². The molecule has 2 rings (SSSR count). The van der Waals surface area contributed by atoms with Gasteiger partial charge in [-0.25, -0.2) is 12.8 Å². The Bertz CT molecular complexity index is 847. The van der Waals surface area contributed by atoms with Crippen molar-refractivity contribution in [1.82, 2.24) is 0 Å². The van der Waals surface area contributed by atoms with Crippen LogP contribution in [-0.2, 0) is 10.0 Å². The maximum Gasteiger partial charge on any atom is 0.263 e. The van der Waals surface area contributed by atoms with Gasteiger partial charge in [0.05, 0.1) is 28.0 Å². The first kappa shape index (κ1) is 15.1. The van der Waals surface area contributed by atoms with Gasteiger partial charge in [-0.2, -0.15) is 5.26 Å². The average Bonchev–Trinajstić information content (AvgIpc) is 2.43. The molecule has 0 aliphatic carbocycles. The van der Waals surface area contributed by atoms with Crippen molar-refractivity contribution in [3.63, 3.8) is 0 Å². The second kappa shape index (κ2) is 5.60. The molecule has 0 saturated heterocycles. The van der Waals surface area contributed by atoms with Crippen molar-refractivity contribution >= 4 is 33.0 Å².